The van der Waals surface area contributed by atoms with E-state index in [1.165, 1.54) is 12.8 Å². The molecule has 2 atom stereocenters. The summed E-state index contributed by atoms with van der Waals surface area (Å²) in [5, 5.41) is 9.49. The van der Waals surface area contributed by atoms with Gasteiger partial charge in [-0.25, -0.2) is 4.79 Å². The number of rotatable bonds is 3. The molecule has 3 nitrogen and oxygen atoms in total. The van der Waals surface area contributed by atoms with Crippen LogP contribution in [0.4, 0.5) is 0 Å². The fourth-order valence-electron chi connectivity index (χ4n) is 1.45. The van der Waals surface area contributed by atoms with Crippen molar-refractivity contribution in [3.8, 4) is 0 Å². The average Bonchev–Trinajstić information content (AvgIpc) is 2.32. The summed E-state index contributed by atoms with van der Waals surface area (Å²) in [5.74, 6) is -0.397. The van der Waals surface area contributed by atoms with Gasteiger partial charge in [0.2, 0.25) is 0 Å². The zero-order chi connectivity index (χ0) is 13.3. The van der Waals surface area contributed by atoms with E-state index >= 15 is 0 Å². The number of aliphatic hydroxyl groups is 1. The van der Waals surface area contributed by atoms with Gasteiger partial charge in [-0.3, -0.25) is 0 Å². The highest BCUT2D eigenvalue weighted by molar-refractivity contribution is 5.87. The monoisotopic (exact) mass is 242 g/mol. The number of esters is 1. The third-order valence-corrected chi connectivity index (χ3v) is 2.77. The summed E-state index contributed by atoms with van der Waals surface area (Å²) in [6.07, 6.45) is 5.36. The molecule has 0 heterocycles. The highest BCUT2D eigenvalue weighted by Crippen LogP contribution is 2.21. The fraction of sp³-hybridized carbons (Fsp3) is 0.786. The van der Waals surface area contributed by atoms with Crippen molar-refractivity contribution in [1.29, 1.82) is 0 Å². The third-order valence-electron chi connectivity index (χ3n) is 2.77. The molecule has 0 saturated heterocycles. The predicted octanol–water partition coefficient (Wildman–Crippen LogP) is 3.22. The van der Waals surface area contributed by atoms with E-state index in [1.54, 1.807) is 6.92 Å². The van der Waals surface area contributed by atoms with Crippen LogP contribution in [0.3, 0.4) is 0 Å². The van der Waals surface area contributed by atoms with E-state index in [2.05, 4.69) is 20.4 Å². The second-order valence-corrected chi connectivity index (χ2v) is 4.58. The van der Waals surface area contributed by atoms with Gasteiger partial charge in [-0.1, -0.05) is 39.7 Å². The standard InChI is InChI=1S/C10H16O3.C4H10/c1-7(2)10(12)13-9-6-4-3-5-8(9)11;1-3-4-2/h8-9,11H,1,3-6H2,2H3;3-4H2,1-2H3. The molecule has 100 valence electrons. The Morgan fingerprint density at radius 3 is 2.24 bits per heavy atom. The predicted molar refractivity (Wildman–Crippen MR) is 69.8 cm³/mol. The Morgan fingerprint density at radius 2 is 1.82 bits per heavy atom. The number of hydrogen-bond donors (Lipinski definition) is 1. The molecule has 0 bridgehead atoms. The summed E-state index contributed by atoms with van der Waals surface area (Å²) in [7, 11) is 0. The molecule has 1 fully saturated rings. The molecule has 0 radical (unpaired) electrons. The van der Waals surface area contributed by atoms with Gasteiger partial charge in [0.15, 0.2) is 0 Å². The van der Waals surface area contributed by atoms with Gasteiger partial charge in [0.1, 0.15) is 6.10 Å². The molecule has 1 saturated carbocycles. The van der Waals surface area contributed by atoms with Gasteiger partial charge < -0.3 is 9.84 Å². The van der Waals surface area contributed by atoms with E-state index < -0.39 is 12.1 Å². The molecule has 17 heavy (non-hydrogen) atoms. The first kappa shape index (κ1) is 16.2. The first-order chi connectivity index (χ1) is 8.02. The Labute approximate surface area is 105 Å². The molecule has 0 amide bonds. The van der Waals surface area contributed by atoms with Gasteiger partial charge in [0.05, 0.1) is 6.10 Å². The van der Waals surface area contributed by atoms with Gasteiger partial charge in [-0.15, -0.1) is 0 Å². The zero-order valence-electron chi connectivity index (χ0n) is 11.4. The highest BCUT2D eigenvalue weighted by Gasteiger charge is 2.26. The summed E-state index contributed by atoms with van der Waals surface area (Å²) in [6, 6.07) is 0. The molecule has 1 rings (SSSR count). The van der Waals surface area contributed by atoms with Crippen LogP contribution in [0.1, 0.15) is 59.3 Å². The number of hydrogen-bond acceptors (Lipinski definition) is 3. The van der Waals surface area contributed by atoms with Crippen LogP contribution in [-0.4, -0.2) is 23.3 Å². The molecule has 3 heteroatoms. The van der Waals surface area contributed by atoms with Crippen molar-refractivity contribution in [2.45, 2.75) is 71.5 Å². The minimum absolute atomic E-state index is 0.321. The maximum absolute atomic E-state index is 11.1. The van der Waals surface area contributed by atoms with Crippen LogP contribution in [0, 0.1) is 0 Å². The molecular formula is C14H26O3. The lowest BCUT2D eigenvalue weighted by molar-refractivity contribution is -0.152. The second kappa shape index (κ2) is 9.23. The molecule has 1 N–H and O–H groups in total. The number of unbranched alkanes of at least 4 members (excludes halogenated alkanes) is 1. The van der Waals surface area contributed by atoms with Gasteiger partial charge in [0, 0.05) is 5.57 Å². The van der Waals surface area contributed by atoms with Gasteiger partial charge in [0.25, 0.3) is 0 Å². The number of carbonyl (C=O) groups is 1. The van der Waals surface area contributed by atoms with Crippen LogP contribution in [-0.2, 0) is 9.53 Å². The fourth-order valence-corrected chi connectivity index (χ4v) is 1.45. The van der Waals surface area contributed by atoms with E-state index in [9.17, 15) is 9.90 Å². The Hall–Kier alpha value is -0.830. The van der Waals surface area contributed by atoms with Crippen molar-refractivity contribution in [3.05, 3.63) is 12.2 Å². The lowest BCUT2D eigenvalue weighted by Crippen LogP contribution is -2.34. The van der Waals surface area contributed by atoms with Crippen LogP contribution < -0.4 is 0 Å². The Morgan fingerprint density at radius 1 is 1.29 bits per heavy atom. The van der Waals surface area contributed by atoms with Crippen molar-refractivity contribution >= 4 is 5.97 Å². The first-order valence-corrected chi connectivity index (χ1v) is 6.57. The Kier molecular flexibility index (Phi) is 8.78. The van der Waals surface area contributed by atoms with Crippen LogP contribution in [0.15, 0.2) is 12.2 Å². The molecule has 2 unspecified atom stereocenters. The number of ether oxygens (including phenoxy) is 1. The quantitative estimate of drug-likeness (QED) is 0.610. The minimum Gasteiger partial charge on any atom is -0.456 e. The van der Waals surface area contributed by atoms with Crippen LogP contribution in [0.2, 0.25) is 0 Å². The van der Waals surface area contributed by atoms with Crippen molar-refractivity contribution in [2.75, 3.05) is 0 Å². The molecular weight excluding hydrogens is 216 g/mol. The summed E-state index contributed by atoms with van der Waals surface area (Å²) < 4.78 is 5.08. The maximum atomic E-state index is 11.1. The molecule has 1 aliphatic carbocycles. The minimum atomic E-state index is -0.489. The van der Waals surface area contributed by atoms with E-state index in [4.69, 9.17) is 4.74 Å². The topological polar surface area (TPSA) is 46.5 Å². The van der Waals surface area contributed by atoms with E-state index in [-0.39, 0.29) is 6.10 Å². The lowest BCUT2D eigenvalue weighted by Gasteiger charge is -2.27. The molecule has 0 aromatic rings. The van der Waals surface area contributed by atoms with Crippen molar-refractivity contribution in [1.82, 2.24) is 0 Å². The smallest absolute Gasteiger partial charge is 0.333 e. The van der Waals surface area contributed by atoms with Gasteiger partial charge >= 0.3 is 5.97 Å². The Balaban J connectivity index is 0.000000557. The average molecular weight is 242 g/mol. The lowest BCUT2D eigenvalue weighted by atomic mass is 9.95. The first-order valence-electron chi connectivity index (χ1n) is 6.57. The summed E-state index contributed by atoms with van der Waals surface area (Å²) in [6.45, 7) is 9.46. The molecule has 0 aromatic heterocycles. The second-order valence-electron chi connectivity index (χ2n) is 4.58. The molecule has 0 aliphatic heterocycles. The summed E-state index contributed by atoms with van der Waals surface area (Å²) >= 11 is 0. The van der Waals surface area contributed by atoms with E-state index in [1.807, 2.05) is 0 Å². The van der Waals surface area contributed by atoms with Crippen molar-refractivity contribution in [3.63, 3.8) is 0 Å². The van der Waals surface area contributed by atoms with Gasteiger partial charge in [-0.2, -0.15) is 0 Å². The summed E-state index contributed by atoms with van der Waals surface area (Å²) in [5.41, 5.74) is 0.387. The Bertz CT molecular complexity index is 234. The van der Waals surface area contributed by atoms with Crippen LogP contribution >= 0.6 is 0 Å². The summed E-state index contributed by atoms with van der Waals surface area (Å²) in [4.78, 5) is 11.1. The normalized spacial score (nSPS) is 23.3. The van der Waals surface area contributed by atoms with E-state index in [0.29, 0.717) is 5.57 Å². The van der Waals surface area contributed by atoms with Crippen molar-refractivity contribution < 1.29 is 14.6 Å². The number of carbonyl (C=O) groups excluding carboxylic acids is 1. The molecule has 1 aliphatic rings. The van der Waals surface area contributed by atoms with Crippen molar-refractivity contribution in [2.24, 2.45) is 0 Å². The maximum Gasteiger partial charge on any atom is 0.333 e. The van der Waals surface area contributed by atoms with Crippen LogP contribution in [0.5, 0.6) is 0 Å². The highest BCUT2D eigenvalue weighted by atomic mass is 16.6. The zero-order valence-corrected chi connectivity index (χ0v) is 11.4. The molecule has 0 spiro atoms. The third kappa shape index (κ3) is 7.16. The van der Waals surface area contributed by atoms with Gasteiger partial charge in [-0.05, 0) is 26.2 Å². The van der Waals surface area contributed by atoms with Crippen LogP contribution in [0.25, 0.3) is 0 Å². The van der Waals surface area contributed by atoms with E-state index in [0.717, 1.165) is 25.7 Å². The molecule has 0 aromatic carbocycles. The largest absolute Gasteiger partial charge is 0.456 e. The SMILES string of the molecule is C=C(C)C(=O)OC1CCCCC1O.CCCC. The number of aliphatic hydroxyl groups excluding tert-OH is 1.